The number of rotatable bonds is 6. The van der Waals surface area contributed by atoms with E-state index in [1.807, 2.05) is 6.92 Å². The Bertz CT molecular complexity index is 791. The third-order valence-corrected chi connectivity index (χ3v) is 4.67. The first-order valence-corrected chi connectivity index (χ1v) is 8.27. The van der Waals surface area contributed by atoms with E-state index in [-0.39, 0.29) is 30.2 Å². The smallest absolute Gasteiger partial charge is 0.407 e. The van der Waals surface area contributed by atoms with Crippen LogP contribution in [0.15, 0.2) is 11.4 Å². The van der Waals surface area contributed by atoms with Gasteiger partial charge < -0.3 is 25.3 Å². The van der Waals surface area contributed by atoms with Crippen LogP contribution < -0.4 is 20.5 Å². The van der Waals surface area contributed by atoms with Crippen LogP contribution in [0.4, 0.5) is 4.79 Å². The molecule has 0 aliphatic carbocycles. The summed E-state index contributed by atoms with van der Waals surface area (Å²) in [6.07, 6.45) is 0.0495. The van der Waals surface area contributed by atoms with Crippen molar-refractivity contribution in [2.45, 2.75) is 25.5 Å². The topological polar surface area (TPSA) is 113 Å². The molecule has 2 atom stereocenters. The molecule has 128 valence electrons. The van der Waals surface area contributed by atoms with Crippen LogP contribution in [0.2, 0.25) is 0 Å². The number of pyridine rings is 1. The predicted octanol–water partition coefficient (Wildman–Crippen LogP) is 1.67. The highest BCUT2D eigenvalue weighted by atomic mass is 32.1. The number of carbonyl (C=O) groups excluding carboxylic acids is 2. The number of nitrogens with zero attached hydrogens (tertiary/aromatic N) is 1. The van der Waals surface area contributed by atoms with E-state index in [4.69, 9.17) is 19.9 Å². The highest BCUT2D eigenvalue weighted by Crippen LogP contribution is 2.34. The van der Waals surface area contributed by atoms with Crippen molar-refractivity contribution in [3.8, 4) is 11.6 Å². The molecule has 0 radical (unpaired) electrons. The zero-order valence-corrected chi connectivity index (χ0v) is 14.0. The lowest BCUT2D eigenvalue weighted by atomic mass is 10.1. The van der Waals surface area contributed by atoms with Gasteiger partial charge in [0, 0.05) is 5.38 Å². The summed E-state index contributed by atoms with van der Waals surface area (Å²) in [5, 5.41) is 4.52. The molecule has 1 fully saturated rings. The maximum absolute atomic E-state index is 11.5. The largest absolute Gasteiger partial charge is 0.488 e. The molecule has 0 saturated carbocycles. The second-order valence-corrected chi connectivity index (χ2v) is 6.18. The number of carbonyl (C=O) groups is 2. The molecule has 0 bridgehead atoms. The summed E-state index contributed by atoms with van der Waals surface area (Å²) >= 11 is 1.38. The van der Waals surface area contributed by atoms with Gasteiger partial charge >= 0.3 is 6.09 Å². The molecule has 0 aromatic carbocycles. The maximum Gasteiger partial charge on any atom is 0.407 e. The molecule has 3 rings (SSSR count). The first kappa shape index (κ1) is 16.3. The lowest BCUT2D eigenvalue weighted by molar-refractivity contribution is 0.0996. The monoisotopic (exact) mass is 351 g/mol. The van der Waals surface area contributed by atoms with Crippen LogP contribution in [0, 0.1) is 0 Å². The number of primary amides is 1. The van der Waals surface area contributed by atoms with Gasteiger partial charge in [-0.15, -0.1) is 11.3 Å². The summed E-state index contributed by atoms with van der Waals surface area (Å²) in [6.45, 7) is 2.20. The number of methoxy groups -OCH3 is 1. The number of nitrogens with two attached hydrogens (primary N) is 1. The Balaban J connectivity index is 1.83. The number of thiophene rings is 1. The SMILES string of the molecule is CCC1OC(=O)NC1COc1csc2cc(C(N)=O)c(OC)nc12. The molecule has 2 aromatic rings. The summed E-state index contributed by atoms with van der Waals surface area (Å²) in [7, 11) is 1.42. The zero-order valence-electron chi connectivity index (χ0n) is 13.2. The maximum atomic E-state index is 11.5. The van der Waals surface area contributed by atoms with Crippen LogP contribution in [0.5, 0.6) is 11.6 Å². The number of amides is 2. The van der Waals surface area contributed by atoms with Gasteiger partial charge in [0.1, 0.15) is 29.8 Å². The summed E-state index contributed by atoms with van der Waals surface area (Å²) in [5.74, 6) is 0.108. The van der Waals surface area contributed by atoms with Crippen molar-refractivity contribution in [2.75, 3.05) is 13.7 Å². The Morgan fingerprint density at radius 3 is 3.00 bits per heavy atom. The second kappa shape index (κ2) is 6.52. The lowest BCUT2D eigenvalue weighted by Crippen LogP contribution is -2.36. The Morgan fingerprint density at radius 1 is 1.54 bits per heavy atom. The third-order valence-electron chi connectivity index (χ3n) is 3.77. The molecule has 1 aliphatic rings. The fourth-order valence-electron chi connectivity index (χ4n) is 2.55. The van der Waals surface area contributed by atoms with Crippen LogP contribution in [-0.4, -0.2) is 42.8 Å². The molecule has 1 saturated heterocycles. The highest BCUT2D eigenvalue weighted by Gasteiger charge is 2.33. The molecule has 2 unspecified atom stereocenters. The number of hydrogen-bond donors (Lipinski definition) is 2. The third kappa shape index (κ3) is 2.94. The molecule has 2 aromatic heterocycles. The molecule has 0 spiro atoms. The fraction of sp³-hybridized carbons (Fsp3) is 0.400. The highest BCUT2D eigenvalue weighted by molar-refractivity contribution is 7.17. The van der Waals surface area contributed by atoms with Crippen LogP contribution in [-0.2, 0) is 4.74 Å². The van der Waals surface area contributed by atoms with Gasteiger partial charge in [-0.1, -0.05) is 6.92 Å². The molecule has 3 heterocycles. The van der Waals surface area contributed by atoms with E-state index in [1.165, 1.54) is 18.4 Å². The Morgan fingerprint density at radius 2 is 2.33 bits per heavy atom. The van der Waals surface area contributed by atoms with E-state index in [9.17, 15) is 9.59 Å². The van der Waals surface area contributed by atoms with Gasteiger partial charge in [-0.2, -0.15) is 0 Å². The molecule has 3 N–H and O–H groups in total. The van der Waals surface area contributed by atoms with Gasteiger partial charge in [-0.05, 0) is 12.5 Å². The quantitative estimate of drug-likeness (QED) is 0.818. The van der Waals surface area contributed by atoms with Gasteiger partial charge in [0.05, 0.1) is 11.8 Å². The average Bonchev–Trinajstić information content (AvgIpc) is 3.13. The van der Waals surface area contributed by atoms with Gasteiger partial charge in [0.15, 0.2) is 5.75 Å². The van der Waals surface area contributed by atoms with Gasteiger partial charge in [0.2, 0.25) is 5.88 Å². The number of aromatic nitrogens is 1. The Kier molecular flexibility index (Phi) is 4.43. The second-order valence-electron chi connectivity index (χ2n) is 5.27. The number of alkyl carbamates (subject to hydrolysis) is 1. The van der Waals surface area contributed by atoms with E-state index in [2.05, 4.69) is 10.3 Å². The zero-order chi connectivity index (χ0) is 17.3. The minimum atomic E-state index is -0.603. The number of hydrogen-bond acceptors (Lipinski definition) is 7. The summed E-state index contributed by atoms with van der Waals surface area (Å²) in [6, 6.07) is 1.42. The van der Waals surface area contributed by atoms with Crippen LogP contribution in [0.25, 0.3) is 10.2 Å². The van der Waals surface area contributed by atoms with Gasteiger partial charge in [-0.25, -0.2) is 9.78 Å². The first-order chi connectivity index (χ1) is 11.5. The summed E-state index contributed by atoms with van der Waals surface area (Å²) < 4.78 is 16.8. The average molecular weight is 351 g/mol. The van der Waals surface area contributed by atoms with Crippen molar-refractivity contribution in [1.29, 1.82) is 0 Å². The molecule has 9 heteroatoms. The minimum Gasteiger partial charge on any atom is -0.488 e. The molecule has 2 amide bonds. The minimum absolute atomic E-state index is 0.155. The Labute approximate surface area is 141 Å². The Hall–Kier alpha value is -2.55. The van der Waals surface area contributed by atoms with E-state index in [1.54, 1.807) is 11.4 Å². The molecule has 1 aliphatic heterocycles. The van der Waals surface area contributed by atoms with Crippen molar-refractivity contribution in [3.63, 3.8) is 0 Å². The molecular weight excluding hydrogens is 334 g/mol. The van der Waals surface area contributed by atoms with Crippen molar-refractivity contribution in [3.05, 3.63) is 17.0 Å². The van der Waals surface area contributed by atoms with Crippen molar-refractivity contribution < 1.29 is 23.8 Å². The van der Waals surface area contributed by atoms with Crippen LogP contribution in [0.1, 0.15) is 23.7 Å². The summed E-state index contributed by atoms with van der Waals surface area (Å²) in [4.78, 5) is 27.1. The van der Waals surface area contributed by atoms with Gasteiger partial charge in [0.25, 0.3) is 5.91 Å². The number of ether oxygens (including phenoxy) is 3. The fourth-order valence-corrected chi connectivity index (χ4v) is 3.40. The van der Waals surface area contributed by atoms with Crippen molar-refractivity contribution >= 4 is 33.6 Å². The van der Waals surface area contributed by atoms with E-state index < -0.39 is 12.0 Å². The normalized spacial score (nSPS) is 19.8. The molecule has 8 nitrogen and oxygen atoms in total. The van der Waals surface area contributed by atoms with E-state index in [0.717, 1.165) is 4.70 Å². The van der Waals surface area contributed by atoms with Crippen LogP contribution in [0.3, 0.4) is 0 Å². The first-order valence-electron chi connectivity index (χ1n) is 7.39. The lowest BCUT2D eigenvalue weighted by Gasteiger charge is -2.15. The number of fused-ring (bicyclic) bond motifs is 1. The van der Waals surface area contributed by atoms with E-state index >= 15 is 0 Å². The summed E-state index contributed by atoms with van der Waals surface area (Å²) in [5.41, 5.74) is 6.14. The number of nitrogens with one attached hydrogen (secondary N) is 1. The van der Waals surface area contributed by atoms with E-state index in [0.29, 0.717) is 17.7 Å². The molecule has 24 heavy (non-hydrogen) atoms. The predicted molar refractivity (Wildman–Crippen MR) is 87.7 cm³/mol. The standard InChI is InChI=1S/C15H17N3O5S/c1-3-9-8(17-15(20)23-9)5-22-10-6-24-11-4-7(13(16)19)14(21-2)18-12(10)11/h4,6,8-9H,3,5H2,1-2H3,(H2,16,19)(H,17,20). The van der Waals surface area contributed by atoms with Crippen LogP contribution >= 0.6 is 11.3 Å². The number of cyclic esters (lactones) is 1. The molecular formula is C15H17N3O5S. The van der Waals surface area contributed by atoms with Crippen molar-refractivity contribution in [1.82, 2.24) is 10.3 Å². The van der Waals surface area contributed by atoms with Gasteiger partial charge in [-0.3, -0.25) is 4.79 Å². The van der Waals surface area contributed by atoms with Crippen molar-refractivity contribution in [2.24, 2.45) is 5.73 Å².